The number of hydrogen-bond acceptors (Lipinski definition) is 2. The third kappa shape index (κ3) is 2.98. The van der Waals surface area contributed by atoms with Gasteiger partial charge in [-0.1, -0.05) is 56.5 Å². The van der Waals surface area contributed by atoms with Gasteiger partial charge in [-0.05, 0) is 24.3 Å². The van der Waals surface area contributed by atoms with Gasteiger partial charge in [-0.3, -0.25) is 10.1 Å². The lowest BCUT2D eigenvalue weighted by Crippen LogP contribution is -2.61. The van der Waals surface area contributed by atoms with E-state index in [4.69, 9.17) is 5.73 Å². The van der Waals surface area contributed by atoms with Crippen LogP contribution in [0.1, 0.15) is 44.6 Å². The number of nitrogens with two attached hydrogens (primary N) is 1. The molecule has 1 fully saturated rings. The lowest BCUT2D eigenvalue weighted by molar-refractivity contribution is -0.128. The number of hydrogen-bond donors (Lipinski definition) is 2. The van der Waals surface area contributed by atoms with E-state index >= 15 is 0 Å². The molecule has 3 heteroatoms. The standard InChI is InChI=1S/C16H24N2O/c1-2-14-10-6-7-11-16(14,15(17)19)18-12-13-8-4-3-5-9-13/h3-5,8-9,14,18H,2,6-7,10-12H2,1H3,(H2,17,19). The van der Waals surface area contributed by atoms with Crippen molar-refractivity contribution in [3.63, 3.8) is 0 Å². The normalized spacial score (nSPS) is 27.1. The predicted molar refractivity (Wildman–Crippen MR) is 77.5 cm³/mol. The molecule has 3 nitrogen and oxygen atoms in total. The van der Waals surface area contributed by atoms with Crippen LogP contribution in [0.15, 0.2) is 30.3 Å². The molecule has 3 N–H and O–H groups in total. The van der Waals surface area contributed by atoms with Gasteiger partial charge >= 0.3 is 0 Å². The second-order valence-corrected chi connectivity index (χ2v) is 5.53. The number of carbonyl (C=O) groups is 1. The van der Waals surface area contributed by atoms with Crippen LogP contribution in [0.2, 0.25) is 0 Å². The van der Waals surface area contributed by atoms with Crippen molar-refractivity contribution in [1.82, 2.24) is 5.32 Å². The first kappa shape index (κ1) is 14.1. The fraction of sp³-hybridized carbons (Fsp3) is 0.562. The lowest BCUT2D eigenvalue weighted by atomic mass is 9.71. The zero-order valence-electron chi connectivity index (χ0n) is 11.7. The first-order valence-corrected chi connectivity index (χ1v) is 7.28. The Kier molecular flexibility index (Phi) is 4.59. The number of primary amides is 1. The van der Waals surface area contributed by atoms with Gasteiger partial charge in [0.2, 0.25) is 5.91 Å². The van der Waals surface area contributed by atoms with Gasteiger partial charge in [0.25, 0.3) is 0 Å². The van der Waals surface area contributed by atoms with E-state index in [0.29, 0.717) is 12.5 Å². The molecule has 1 aliphatic rings. The van der Waals surface area contributed by atoms with Crippen LogP contribution in [0.5, 0.6) is 0 Å². The minimum absolute atomic E-state index is 0.185. The Hall–Kier alpha value is -1.35. The van der Waals surface area contributed by atoms with Crippen molar-refractivity contribution < 1.29 is 4.79 Å². The quantitative estimate of drug-likeness (QED) is 0.855. The summed E-state index contributed by atoms with van der Waals surface area (Å²) in [6.45, 7) is 2.86. The summed E-state index contributed by atoms with van der Waals surface area (Å²) in [6.07, 6.45) is 5.27. The molecule has 0 spiro atoms. The Balaban J connectivity index is 2.13. The molecule has 1 aromatic carbocycles. The Morgan fingerprint density at radius 1 is 1.37 bits per heavy atom. The van der Waals surface area contributed by atoms with Crippen molar-refractivity contribution in [2.75, 3.05) is 0 Å². The Morgan fingerprint density at radius 3 is 2.74 bits per heavy atom. The van der Waals surface area contributed by atoms with Gasteiger partial charge in [0.05, 0.1) is 0 Å². The second kappa shape index (κ2) is 6.20. The third-order valence-corrected chi connectivity index (χ3v) is 4.45. The lowest BCUT2D eigenvalue weighted by Gasteiger charge is -2.42. The smallest absolute Gasteiger partial charge is 0.238 e. The molecule has 104 valence electrons. The Bertz CT molecular complexity index is 418. The number of benzene rings is 1. The Labute approximate surface area is 115 Å². The summed E-state index contributed by atoms with van der Waals surface area (Å²) in [4.78, 5) is 12.0. The van der Waals surface area contributed by atoms with Crippen LogP contribution in [0.25, 0.3) is 0 Å². The summed E-state index contributed by atoms with van der Waals surface area (Å²) in [7, 11) is 0. The van der Waals surface area contributed by atoms with Crippen molar-refractivity contribution in [2.24, 2.45) is 11.7 Å². The monoisotopic (exact) mass is 260 g/mol. The first-order chi connectivity index (χ1) is 9.19. The van der Waals surface area contributed by atoms with Crippen molar-refractivity contribution in [1.29, 1.82) is 0 Å². The fourth-order valence-corrected chi connectivity index (χ4v) is 3.30. The third-order valence-electron chi connectivity index (χ3n) is 4.45. The molecule has 0 radical (unpaired) electrons. The van der Waals surface area contributed by atoms with Crippen LogP contribution in [0, 0.1) is 5.92 Å². The van der Waals surface area contributed by atoms with Crippen molar-refractivity contribution in [2.45, 2.75) is 51.1 Å². The van der Waals surface area contributed by atoms with Gasteiger partial charge in [-0.15, -0.1) is 0 Å². The average molecular weight is 260 g/mol. The topological polar surface area (TPSA) is 55.1 Å². The number of carbonyl (C=O) groups excluding carboxylic acids is 1. The molecular weight excluding hydrogens is 236 g/mol. The zero-order valence-corrected chi connectivity index (χ0v) is 11.7. The SMILES string of the molecule is CCC1CCCCC1(NCc1ccccc1)C(N)=O. The molecular formula is C16H24N2O. The number of amides is 1. The fourth-order valence-electron chi connectivity index (χ4n) is 3.30. The minimum Gasteiger partial charge on any atom is -0.368 e. The van der Waals surface area contributed by atoms with E-state index in [0.717, 1.165) is 25.7 Å². The van der Waals surface area contributed by atoms with E-state index < -0.39 is 5.54 Å². The van der Waals surface area contributed by atoms with Crippen LogP contribution in [-0.2, 0) is 11.3 Å². The van der Waals surface area contributed by atoms with Crippen LogP contribution in [0.4, 0.5) is 0 Å². The van der Waals surface area contributed by atoms with Gasteiger partial charge in [0.1, 0.15) is 5.54 Å². The van der Waals surface area contributed by atoms with Crippen molar-refractivity contribution >= 4 is 5.91 Å². The molecule has 0 aliphatic heterocycles. The van der Waals surface area contributed by atoms with Gasteiger partial charge in [-0.2, -0.15) is 0 Å². The highest BCUT2D eigenvalue weighted by Crippen LogP contribution is 2.36. The molecule has 1 aliphatic carbocycles. The van der Waals surface area contributed by atoms with E-state index in [-0.39, 0.29) is 5.91 Å². The average Bonchev–Trinajstić information content (AvgIpc) is 2.46. The van der Waals surface area contributed by atoms with Gasteiger partial charge in [0.15, 0.2) is 0 Å². The molecule has 1 saturated carbocycles. The minimum atomic E-state index is -0.511. The summed E-state index contributed by atoms with van der Waals surface area (Å²) in [5.74, 6) is 0.178. The maximum absolute atomic E-state index is 12.0. The van der Waals surface area contributed by atoms with E-state index in [1.165, 1.54) is 12.0 Å². The second-order valence-electron chi connectivity index (χ2n) is 5.53. The molecule has 2 rings (SSSR count). The molecule has 0 heterocycles. The highest BCUT2D eigenvalue weighted by Gasteiger charge is 2.44. The summed E-state index contributed by atoms with van der Waals surface area (Å²) < 4.78 is 0. The number of rotatable bonds is 5. The predicted octanol–water partition coefficient (Wildman–Crippen LogP) is 2.60. The van der Waals surface area contributed by atoms with E-state index in [2.05, 4.69) is 24.4 Å². The van der Waals surface area contributed by atoms with Crippen molar-refractivity contribution in [3.8, 4) is 0 Å². The maximum Gasteiger partial charge on any atom is 0.238 e. The van der Waals surface area contributed by atoms with E-state index in [1.807, 2.05) is 18.2 Å². The first-order valence-electron chi connectivity index (χ1n) is 7.28. The van der Waals surface area contributed by atoms with Gasteiger partial charge < -0.3 is 5.73 Å². The molecule has 2 atom stereocenters. The summed E-state index contributed by atoms with van der Waals surface area (Å²) >= 11 is 0. The molecule has 0 saturated heterocycles. The molecule has 19 heavy (non-hydrogen) atoms. The van der Waals surface area contributed by atoms with Crippen LogP contribution >= 0.6 is 0 Å². The highest BCUT2D eigenvalue weighted by atomic mass is 16.1. The van der Waals surface area contributed by atoms with Gasteiger partial charge in [-0.25, -0.2) is 0 Å². The van der Waals surface area contributed by atoms with Crippen molar-refractivity contribution in [3.05, 3.63) is 35.9 Å². The summed E-state index contributed by atoms with van der Waals surface area (Å²) in [6, 6.07) is 10.2. The largest absolute Gasteiger partial charge is 0.368 e. The van der Waals surface area contributed by atoms with Crippen LogP contribution < -0.4 is 11.1 Å². The van der Waals surface area contributed by atoms with Crippen LogP contribution in [-0.4, -0.2) is 11.4 Å². The molecule has 1 aromatic rings. The summed E-state index contributed by atoms with van der Waals surface area (Å²) in [5.41, 5.74) is 6.42. The van der Waals surface area contributed by atoms with Gasteiger partial charge in [0, 0.05) is 6.54 Å². The Morgan fingerprint density at radius 2 is 2.11 bits per heavy atom. The molecule has 0 aromatic heterocycles. The molecule has 2 unspecified atom stereocenters. The zero-order chi connectivity index (χ0) is 13.7. The van der Waals surface area contributed by atoms with E-state index in [1.54, 1.807) is 0 Å². The highest BCUT2D eigenvalue weighted by molar-refractivity contribution is 5.85. The van der Waals surface area contributed by atoms with E-state index in [9.17, 15) is 4.79 Å². The molecule has 0 bridgehead atoms. The summed E-state index contributed by atoms with van der Waals surface area (Å²) in [5, 5.41) is 3.48. The number of nitrogens with one attached hydrogen (secondary N) is 1. The van der Waals surface area contributed by atoms with Crippen LogP contribution in [0.3, 0.4) is 0 Å². The maximum atomic E-state index is 12.0. The molecule has 1 amide bonds.